The van der Waals surface area contributed by atoms with Crippen LogP contribution in [0.25, 0.3) is 0 Å². The molecule has 0 amide bonds. The number of halogens is 1. The van der Waals surface area contributed by atoms with Crippen molar-refractivity contribution in [1.29, 1.82) is 0 Å². The van der Waals surface area contributed by atoms with Crippen LogP contribution in [-0.2, 0) is 17.9 Å². The second kappa shape index (κ2) is 12.8. The minimum absolute atomic E-state index is 0.0312. The minimum Gasteiger partial charge on any atom is -0.491 e. The Kier molecular flexibility index (Phi) is 10.5. The summed E-state index contributed by atoms with van der Waals surface area (Å²) in [5.41, 5.74) is 1.79. The maximum Gasteiger partial charge on any atom is 0.119 e. The van der Waals surface area contributed by atoms with Crippen LogP contribution < -0.4 is 4.74 Å². The lowest BCUT2D eigenvalue weighted by molar-refractivity contribution is -0.0569. The van der Waals surface area contributed by atoms with Crippen LogP contribution in [0.15, 0.2) is 60.7 Å². The molecule has 0 bridgehead atoms. The van der Waals surface area contributed by atoms with Crippen molar-refractivity contribution in [3.05, 3.63) is 76.8 Å². The van der Waals surface area contributed by atoms with E-state index in [-0.39, 0.29) is 5.41 Å². The fourth-order valence-corrected chi connectivity index (χ4v) is 3.19. The van der Waals surface area contributed by atoms with Crippen molar-refractivity contribution in [2.45, 2.75) is 60.3 Å². The molecule has 3 nitrogen and oxygen atoms in total. The third kappa shape index (κ3) is 10.9. The fourth-order valence-electron chi connectivity index (χ4n) is 3.00. The normalized spacial score (nSPS) is 12.1. The predicted octanol–water partition coefficient (Wildman–Crippen LogP) is 7.14. The van der Waals surface area contributed by atoms with Crippen LogP contribution in [0.5, 0.6) is 5.75 Å². The summed E-state index contributed by atoms with van der Waals surface area (Å²) in [7, 11) is 0. The molecule has 4 heteroatoms. The Morgan fingerprint density at radius 1 is 1.03 bits per heavy atom. The van der Waals surface area contributed by atoms with Crippen molar-refractivity contribution in [1.82, 2.24) is 4.90 Å². The average molecular weight is 468 g/mol. The lowest BCUT2D eigenvalue weighted by Gasteiger charge is -2.26. The molecule has 0 heterocycles. The van der Waals surface area contributed by atoms with E-state index in [4.69, 9.17) is 21.1 Å². The van der Waals surface area contributed by atoms with Crippen molar-refractivity contribution in [3.8, 4) is 17.6 Å². The molecule has 178 valence electrons. The van der Waals surface area contributed by atoms with Crippen molar-refractivity contribution in [3.63, 3.8) is 0 Å². The fraction of sp³-hybridized carbons (Fsp3) is 0.448. The van der Waals surface area contributed by atoms with Crippen LogP contribution in [0, 0.1) is 17.3 Å². The van der Waals surface area contributed by atoms with Gasteiger partial charge in [0.1, 0.15) is 12.4 Å². The predicted molar refractivity (Wildman–Crippen MR) is 140 cm³/mol. The molecule has 33 heavy (non-hydrogen) atoms. The van der Waals surface area contributed by atoms with Gasteiger partial charge in [0.05, 0.1) is 12.2 Å². The van der Waals surface area contributed by atoms with E-state index >= 15 is 0 Å². The van der Waals surface area contributed by atoms with Gasteiger partial charge in [-0.05, 0) is 76.6 Å². The quantitative estimate of drug-likeness (QED) is 0.328. The molecular formula is C29H38ClNO2. The van der Waals surface area contributed by atoms with Gasteiger partial charge in [0.25, 0.3) is 0 Å². The third-order valence-electron chi connectivity index (χ3n) is 4.93. The molecule has 0 aliphatic rings. The monoisotopic (exact) mass is 467 g/mol. The number of benzene rings is 2. The number of likely N-dealkylation sites (N-methyl/N-ethyl adjacent to an activating group) is 1. The van der Waals surface area contributed by atoms with Gasteiger partial charge < -0.3 is 9.47 Å². The van der Waals surface area contributed by atoms with Gasteiger partial charge in [-0.15, -0.1) is 0 Å². The molecule has 0 unspecified atom stereocenters. The van der Waals surface area contributed by atoms with Gasteiger partial charge in [-0.3, -0.25) is 4.90 Å². The average Bonchev–Trinajstić information content (AvgIpc) is 2.76. The second-order valence-electron chi connectivity index (χ2n) is 9.83. The standard InChI is InChI=1S/C29H38ClNO2/c1-7-31(19-12-8-11-18-28(2,3)4)21-24-14-13-16-26(20-24)32-23-29(5,6)33-22-25-15-9-10-17-27(25)30/h8-10,12-17,20H,7,19,21-23H2,1-6H3/b12-8+. The summed E-state index contributed by atoms with van der Waals surface area (Å²) in [6.45, 7) is 16.2. The summed E-state index contributed by atoms with van der Waals surface area (Å²) in [4.78, 5) is 2.37. The second-order valence-corrected chi connectivity index (χ2v) is 10.2. The van der Waals surface area contributed by atoms with E-state index in [9.17, 15) is 0 Å². The highest BCUT2D eigenvalue weighted by Gasteiger charge is 2.20. The number of hydrogen-bond donors (Lipinski definition) is 0. The molecule has 2 aromatic carbocycles. The Labute approximate surface area is 205 Å². The lowest BCUT2D eigenvalue weighted by atomic mass is 9.98. The van der Waals surface area contributed by atoms with E-state index in [1.54, 1.807) is 0 Å². The Morgan fingerprint density at radius 3 is 2.48 bits per heavy atom. The summed E-state index contributed by atoms with van der Waals surface area (Å²) in [6.07, 6.45) is 4.08. The highest BCUT2D eigenvalue weighted by Crippen LogP contribution is 2.21. The van der Waals surface area contributed by atoms with E-state index in [1.165, 1.54) is 5.56 Å². The lowest BCUT2D eigenvalue weighted by Crippen LogP contribution is -2.32. The number of ether oxygens (including phenoxy) is 2. The van der Waals surface area contributed by atoms with Crippen LogP contribution in [0.1, 0.15) is 52.7 Å². The molecule has 0 saturated heterocycles. The third-order valence-corrected chi connectivity index (χ3v) is 5.30. The molecule has 0 N–H and O–H groups in total. The Balaban J connectivity index is 1.87. The largest absolute Gasteiger partial charge is 0.491 e. The highest BCUT2D eigenvalue weighted by molar-refractivity contribution is 6.31. The van der Waals surface area contributed by atoms with Crippen LogP contribution in [0.4, 0.5) is 0 Å². The van der Waals surface area contributed by atoms with E-state index in [2.05, 4.69) is 62.6 Å². The minimum atomic E-state index is -0.441. The van der Waals surface area contributed by atoms with Gasteiger partial charge in [0.15, 0.2) is 0 Å². The first-order chi connectivity index (χ1) is 15.6. The number of hydrogen-bond acceptors (Lipinski definition) is 3. The number of rotatable bonds is 11. The van der Waals surface area contributed by atoms with Crippen molar-refractivity contribution >= 4 is 11.6 Å². The van der Waals surface area contributed by atoms with Crippen LogP contribution in [0.2, 0.25) is 5.02 Å². The smallest absolute Gasteiger partial charge is 0.119 e. The molecule has 0 fully saturated rings. The Morgan fingerprint density at radius 2 is 1.79 bits per heavy atom. The zero-order chi connectivity index (χ0) is 24.3. The van der Waals surface area contributed by atoms with Crippen LogP contribution >= 0.6 is 11.6 Å². The molecule has 0 spiro atoms. The first-order valence-corrected chi connectivity index (χ1v) is 11.9. The molecule has 0 aromatic heterocycles. The summed E-state index contributed by atoms with van der Waals surface area (Å²) in [5, 5.41) is 0.721. The van der Waals surface area contributed by atoms with Crippen LogP contribution in [0.3, 0.4) is 0 Å². The van der Waals surface area contributed by atoms with Gasteiger partial charge in [-0.25, -0.2) is 0 Å². The summed E-state index contributed by atoms with van der Waals surface area (Å²) >= 11 is 6.24. The Bertz CT molecular complexity index is 963. The number of nitrogens with zero attached hydrogens (tertiary/aromatic N) is 1. The molecule has 0 aliphatic heterocycles. The van der Waals surface area contributed by atoms with E-state index in [1.807, 2.05) is 56.3 Å². The first-order valence-electron chi connectivity index (χ1n) is 11.6. The zero-order valence-corrected chi connectivity index (χ0v) is 21.7. The van der Waals surface area contributed by atoms with E-state index in [0.29, 0.717) is 13.2 Å². The summed E-state index contributed by atoms with van der Waals surface area (Å²) in [6, 6.07) is 16.0. The van der Waals surface area contributed by atoms with Crippen LogP contribution in [-0.4, -0.2) is 30.2 Å². The van der Waals surface area contributed by atoms with Gasteiger partial charge in [0.2, 0.25) is 0 Å². The van der Waals surface area contributed by atoms with Crippen molar-refractivity contribution in [2.24, 2.45) is 5.41 Å². The molecule has 0 saturated carbocycles. The summed E-state index contributed by atoms with van der Waals surface area (Å²) in [5.74, 6) is 7.22. The van der Waals surface area contributed by atoms with E-state index in [0.717, 1.165) is 36.0 Å². The van der Waals surface area contributed by atoms with Gasteiger partial charge >= 0.3 is 0 Å². The molecular weight excluding hydrogens is 430 g/mol. The summed E-state index contributed by atoms with van der Waals surface area (Å²) < 4.78 is 12.2. The first kappa shape index (κ1) is 27.0. The van der Waals surface area contributed by atoms with Crippen molar-refractivity contribution < 1.29 is 9.47 Å². The maximum absolute atomic E-state index is 6.24. The molecule has 2 aromatic rings. The van der Waals surface area contributed by atoms with Crippen molar-refractivity contribution in [2.75, 3.05) is 19.7 Å². The number of allylic oxidation sites excluding steroid dienone is 1. The topological polar surface area (TPSA) is 21.7 Å². The molecule has 0 radical (unpaired) electrons. The zero-order valence-electron chi connectivity index (χ0n) is 21.0. The molecule has 0 aliphatic carbocycles. The maximum atomic E-state index is 6.24. The van der Waals surface area contributed by atoms with E-state index < -0.39 is 5.60 Å². The Hall–Kier alpha value is -2.25. The van der Waals surface area contributed by atoms with Gasteiger partial charge in [-0.2, -0.15) is 0 Å². The van der Waals surface area contributed by atoms with Gasteiger partial charge in [-0.1, -0.05) is 66.8 Å². The van der Waals surface area contributed by atoms with Gasteiger partial charge in [0, 0.05) is 23.5 Å². The SMILES string of the molecule is CCN(C/C=C/C#CC(C)(C)C)Cc1cccc(OCC(C)(C)OCc2ccccc2Cl)c1. The molecule has 0 atom stereocenters. The molecule has 2 rings (SSSR count). The highest BCUT2D eigenvalue weighted by atomic mass is 35.5.